The van der Waals surface area contributed by atoms with Crippen molar-refractivity contribution in [3.8, 4) is 0 Å². The second-order valence-corrected chi connectivity index (χ2v) is 5.01. The number of Topliss-reactive ketones (excluding diaryl/α,β-unsaturated/α-hetero) is 1. The zero-order valence-electron chi connectivity index (χ0n) is 12.0. The summed E-state index contributed by atoms with van der Waals surface area (Å²) in [5.41, 5.74) is 2.72. The molecule has 0 saturated carbocycles. The molecule has 21 heavy (non-hydrogen) atoms. The van der Waals surface area contributed by atoms with E-state index in [-0.39, 0.29) is 12.2 Å². The van der Waals surface area contributed by atoms with Gasteiger partial charge in [-0.05, 0) is 18.1 Å². The van der Waals surface area contributed by atoms with Crippen molar-refractivity contribution in [2.45, 2.75) is 13.3 Å². The summed E-state index contributed by atoms with van der Waals surface area (Å²) < 4.78 is 0. The van der Waals surface area contributed by atoms with Crippen LogP contribution >= 0.6 is 0 Å². The summed E-state index contributed by atoms with van der Waals surface area (Å²) in [6.45, 7) is 1.96. The molecule has 0 aliphatic rings. The van der Waals surface area contributed by atoms with Crippen LogP contribution in [0.25, 0.3) is 5.57 Å². The van der Waals surface area contributed by atoms with E-state index < -0.39 is 5.92 Å². The summed E-state index contributed by atoms with van der Waals surface area (Å²) in [5.74, 6) is -0.400. The first-order chi connectivity index (χ1) is 10.2. The van der Waals surface area contributed by atoms with Crippen molar-refractivity contribution in [3.05, 3.63) is 77.9 Å². The quantitative estimate of drug-likeness (QED) is 0.587. The van der Waals surface area contributed by atoms with Gasteiger partial charge in [0.25, 0.3) is 0 Å². The zero-order chi connectivity index (χ0) is 15.1. The van der Waals surface area contributed by atoms with E-state index in [1.54, 1.807) is 12.1 Å². The van der Waals surface area contributed by atoms with Crippen LogP contribution in [0.3, 0.4) is 0 Å². The summed E-state index contributed by atoms with van der Waals surface area (Å²) in [6, 6.07) is 18.9. The van der Waals surface area contributed by atoms with Gasteiger partial charge in [-0.3, -0.25) is 4.79 Å². The maximum absolute atomic E-state index is 12.1. The van der Waals surface area contributed by atoms with Crippen molar-refractivity contribution in [3.63, 3.8) is 0 Å². The number of carbonyl (C=O) groups excluding carboxylic acids is 2. The Labute approximate surface area is 125 Å². The van der Waals surface area contributed by atoms with Gasteiger partial charge in [0, 0.05) is 17.9 Å². The summed E-state index contributed by atoms with van der Waals surface area (Å²) in [4.78, 5) is 23.4. The molecular formula is C19H18O2. The van der Waals surface area contributed by atoms with Gasteiger partial charge in [0.05, 0.1) is 0 Å². The SMILES string of the molecule is C/C(=C\[C@H](C=O)CC(=O)c1ccccc1)c1ccccc1. The summed E-state index contributed by atoms with van der Waals surface area (Å²) in [7, 11) is 0. The number of allylic oxidation sites excluding steroid dienone is 2. The Bertz CT molecular complexity index is 627. The van der Waals surface area contributed by atoms with E-state index in [0.717, 1.165) is 17.4 Å². The first-order valence-corrected chi connectivity index (χ1v) is 6.98. The van der Waals surface area contributed by atoms with Crippen LogP contribution in [0.2, 0.25) is 0 Å². The molecule has 106 valence electrons. The van der Waals surface area contributed by atoms with Gasteiger partial charge in [0.15, 0.2) is 5.78 Å². The highest BCUT2D eigenvalue weighted by molar-refractivity contribution is 5.97. The number of aldehydes is 1. The Balaban J connectivity index is 2.10. The van der Waals surface area contributed by atoms with E-state index in [1.807, 2.05) is 61.5 Å². The van der Waals surface area contributed by atoms with Crippen LogP contribution in [0, 0.1) is 5.92 Å². The fourth-order valence-corrected chi connectivity index (χ4v) is 2.22. The molecule has 0 aliphatic heterocycles. The molecule has 0 saturated heterocycles. The highest BCUT2D eigenvalue weighted by Crippen LogP contribution is 2.18. The molecule has 0 amide bonds. The molecule has 1 atom stereocenters. The van der Waals surface area contributed by atoms with Crippen LogP contribution in [0.4, 0.5) is 0 Å². The predicted molar refractivity (Wildman–Crippen MR) is 85.0 cm³/mol. The van der Waals surface area contributed by atoms with Crippen LogP contribution in [0.5, 0.6) is 0 Å². The minimum atomic E-state index is -0.391. The predicted octanol–water partition coefficient (Wildman–Crippen LogP) is 4.18. The number of benzene rings is 2. The summed E-state index contributed by atoms with van der Waals surface area (Å²) >= 11 is 0. The third-order valence-electron chi connectivity index (χ3n) is 3.38. The Morgan fingerprint density at radius 3 is 2.00 bits per heavy atom. The molecular weight excluding hydrogens is 260 g/mol. The average molecular weight is 278 g/mol. The zero-order valence-corrected chi connectivity index (χ0v) is 12.0. The lowest BCUT2D eigenvalue weighted by molar-refractivity contribution is -0.109. The molecule has 0 fully saturated rings. The summed E-state index contributed by atoms with van der Waals surface area (Å²) in [5, 5.41) is 0. The molecule has 0 bridgehead atoms. The third-order valence-corrected chi connectivity index (χ3v) is 3.38. The van der Waals surface area contributed by atoms with Gasteiger partial charge >= 0.3 is 0 Å². The molecule has 2 aromatic carbocycles. The van der Waals surface area contributed by atoms with Gasteiger partial charge in [-0.25, -0.2) is 0 Å². The first kappa shape index (κ1) is 14.9. The number of hydrogen-bond donors (Lipinski definition) is 0. The Morgan fingerprint density at radius 1 is 0.952 bits per heavy atom. The van der Waals surface area contributed by atoms with Gasteiger partial charge in [-0.1, -0.05) is 66.7 Å². The maximum Gasteiger partial charge on any atom is 0.163 e. The molecule has 2 rings (SSSR count). The molecule has 0 aromatic heterocycles. The van der Waals surface area contributed by atoms with E-state index in [4.69, 9.17) is 0 Å². The lowest BCUT2D eigenvalue weighted by Crippen LogP contribution is -2.08. The van der Waals surface area contributed by atoms with Crippen molar-refractivity contribution < 1.29 is 9.59 Å². The lowest BCUT2D eigenvalue weighted by Gasteiger charge is -2.08. The van der Waals surface area contributed by atoms with Gasteiger partial charge in [0.2, 0.25) is 0 Å². The van der Waals surface area contributed by atoms with E-state index in [9.17, 15) is 9.59 Å². The minimum absolute atomic E-state index is 0.00943. The fraction of sp³-hybridized carbons (Fsp3) is 0.158. The number of hydrogen-bond acceptors (Lipinski definition) is 2. The lowest BCUT2D eigenvalue weighted by atomic mass is 9.95. The van der Waals surface area contributed by atoms with Gasteiger partial charge in [0.1, 0.15) is 6.29 Å². The standard InChI is InChI=1S/C19H18O2/c1-15(17-8-4-2-5-9-17)12-16(14-20)13-19(21)18-10-6-3-7-11-18/h2-12,14,16H,13H2,1H3/b15-12+/t16-/m0/s1. The Kier molecular flexibility index (Phi) is 5.22. The van der Waals surface area contributed by atoms with Crippen LogP contribution in [-0.2, 0) is 4.79 Å². The molecule has 2 aromatic rings. The largest absolute Gasteiger partial charge is 0.303 e. The molecule has 0 heterocycles. The number of ketones is 1. The van der Waals surface area contributed by atoms with Crippen LogP contribution < -0.4 is 0 Å². The first-order valence-electron chi connectivity index (χ1n) is 6.98. The monoisotopic (exact) mass is 278 g/mol. The minimum Gasteiger partial charge on any atom is -0.303 e. The average Bonchev–Trinajstić information content (AvgIpc) is 2.55. The normalized spacial score (nSPS) is 12.7. The third kappa shape index (κ3) is 4.25. The van der Waals surface area contributed by atoms with Crippen molar-refractivity contribution in [1.29, 1.82) is 0 Å². The Hall–Kier alpha value is -2.48. The summed E-state index contributed by atoms with van der Waals surface area (Å²) in [6.07, 6.45) is 2.91. The highest BCUT2D eigenvalue weighted by atomic mass is 16.1. The van der Waals surface area contributed by atoms with Crippen LogP contribution in [0.15, 0.2) is 66.7 Å². The molecule has 0 aliphatic carbocycles. The highest BCUT2D eigenvalue weighted by Gasteiger charge is 2.13. The van der Waals surface area contributed by atoms with E-state index in [2.05, 4.69) is 0 Å². The topological polar surface area (TPSA) is 34.1 Å². The fourth-order valence-electron chi connectivity index (χ4n) is 2.22. The van der Waals surface area contributed by atoms with E-state index >= 15 is 0 Å². The molecule has 0 radical (unpaired) electrons. The second kappa shape index (κ2) is 7.34. The molecule has 0 spiro atoms. The maximum atomic E-state index is 12.1. The number of carbonyl (C=O) groups is 2. The molecule has 0 N–H and O–H groups in total. The van der Waals surface area contributed by atoms with Gasteiger partial charge in [-0.15, -0.1) is 0 Å². The number of rotatable bonds is 6. The van der Waals surface area contributed by atoms with Crippen molar-refractivity contribution in [2.75, 3.05) is 0 Å². The van der Waals surface area contributed by atoms with Crippen LogP contribution in [0.1, 0.15) is 29.3 Å². The van der Waals surface area contributed by atoms with Gasteiger partial charge in [-0.2, -0.15) is 0 Å². The molecule has 0 unspecified atom stereocenters. The van der Waals surface area contributed by atoms with Crippen molar-refractivity contribution in [2.24, 2.45) is 5.92 Å². The van der Waals surface area contributed by atoms with E-state index in [0.29, 0.717) is 5.56 Å². The molecule has 2 nitrogen and oxygen atoms in total. The van der Waals surface area contributed by atoms with Crippen molar-refractivity contribution in [1.82, 2.24) is 0 Å². The van der Waals surface area contributed by atoms with E-state index in [1.165, 1.54) is 0 Å². The van der Waals surface area contributed by atoms with Crippen LogP contribution in [-0.4, -0.2) is 12.1 Å². The van der Waals surface area contributed by atoms with Crippen molar-refractivity contribution >= 4 is 17.6 Å². The molecule has 2 heteroatoms. The Morgan fingerprint density at radius 2 is 1.48 bits per heavy atom. The second-order valence-electron chi connectivity index (χ2n) is 5.01. The van der Waals surface area contributed by atoms with Gasteiger partial charge < -0.3 is 4.79 Å². The smallest absolute Gasteiger partial charge is 0.163 e.